The van der Waals surface area contributed by atoms with Crippen molar-refractivity contribution in [3.8, 4) is 5.75 Å². The summed E-state index contributed by atoms with van der Waals surface area (Å²) >= 11 is 0. The smallest absolute Gasteiger partial charge is 0.119 e. The van der Waals surface area contributed by atoms with Crippen LogP contribution < -0.4 is 4.74 Å². The van der Waals surface area contributed by atoms with Crippen LogP contribution in [0.3, 0.4) is 0 Å². The van der Waals surface area contributed by atoms with E-state index in [9.17, 15) is 5.11 Å². The molecule has 1 N–H and O–H groups in total. The summed E-state index contributed by atoms with van der Waals surface area (Å²) in [6.07, 6.45) is 1.38. The molecular weight excluding hydrogens is 442 g/mol. The molecule has 0 amide bonds. The van der Waals surface area contributed by atoms with E-state index >= 15 is 0 Å². The molecule has 0 saturated carbocycles. The lowest BCUT2D eigenvalue weighted by molar-refractivity contribution is 0.0714. The summed E-state index contributed by atoms with van der Waals surface area (Å²) in [6.45, 7) is 12.2. The van der Waals surface area contributed by atoms with E-state index in [-0.39, 0.29) is 0 Å². The third-order valence-corrected chi connectivity index (χ3v) is 7.27. The molecule has 3 heteroatoms. The van der Waals surface area contributed by atoms with Crippen LogP contribution in [-0.4, -0.2) is 36.2 Å². The Balaban J connectivity index is 1.61. The largest absolute Gasteiger partial charge is 0.492 e. The molecule has 4 aromatic rings. The Morgan fingerprint density at radius 1 is 0.722 bits per heavy atom. The van der Waals surface area contributed by atoms with Crippen LogP contribution >= 0.6 is 0 Å². The van der Waals surface area contributed by atoms with Crippen molar-refractivity contribution in [3.63, 3.8) is 0 Å². The zero-order valence-electron chi connectivity index (χ0n) is 22.1. The highest BCUT2D eigenvalue weighted by Gasteiger charge is 2.31. The van der Waals surface area contributed by atoms with Crippen LogP contribution in [0.1, 0.15) is 48.1 Å². The number of nitrogens with zero attached hydrogens (tertiary/aromatic N) is 1. The van der Waals surface area contributed by atoms with Gasteiger partial charge in [-0.3, -0.25) is 0 Å². The Morgan fingerprint density at radius 3 is 2.03 bits per heavy atom. The fraction of sp³-hybridized carbons (Fsp3) is 0.333. The molecule has 0 heterocycles. The minimum absolute atomic E-state index is 0.593. The maximum Gasteiger partial charge on any atom is 0.119 e. The van der Waals surface area contributed by atoms with E-state index in [0.717, 1.165) is 48.3 Å². The number of rotatable bonds is 11. The Hall–Kier alpha value is -3.14. The van der Waals surface area contributed by atoms with Crippen LogP contribution in [0, 0.1) is 13.8 Å². The molecule has 0 bridgehead atoms. The van der Waals surface area contributed by atoms with E-state index in [2.05, 4.69) is 93.3 Å². The molecule has 188 valence electrons. The number of aryl methyl sites for hydroxylation is 3. The van der Waals surface area contributed by atoms with Crippen molar-refractivity contribution in [3.05, 3.63) is 113 Å². The Bertz CT molecular complexity index is 1260. The number of fused-ring (bicyclic) bond motifs is 1. The van der Waals surface area contributed by atoms with Crippen molar-refractivity contribution >= 4 is 10.8 Å². The van der Waals surface area contributed by atoms with Gasteiger partial charge in [0.1, 0.15) is 18.0 Å². The SMILES string of the molecule is CCN(CC)CCOc1ccc(C(O)(CCc2ccc(C)cc2)c2ccc3cc(C)ccc3c2)cc1. The monoisotopic (exact) mass is 481 g/mol. The third-order valence-electron chi connectivity index (χ3n) is 7.27. The number of hydrogen-bond donors (Lipinski definition) is 1. The molecule has 0 spiro atoms. The zero-order chi connectivity index (χ0) is 25.5. The molecule has 1 unspecified atom stereocenters. The molecule has 0 saturated heterocycles. The molecule has 36 heavy (non-hydrogen) atoms. The van der Waals surface area contributed by atoms with Gasteiger partial charge in [0.25, 0.3) is 0 Å². The maximum atomic E-state index is 12.2. The van der Waals surface area contributed by atoms with Gasteiger partial charge in [-0.15, -0.1) is 0 Å². The highest BCUT2D eigenvalue weighted by atomic mass is 16.5. The van der Waals surface area contributed by atoms with E-state index < -0.39 is 5.60 Å². The Morgan fingerprint density at radius 2 is 1.33 bits per heavy atom. The summed E-state index contributed by atoms with van der Waals surface area (Å²) < 4.78 is 6.00. The minimum Gasteiger partial charge on any atom is -0.492 e. The van der Waals surface area contributed by atoms with Gasteiger partial charge in [0.05, 0.1) is 0 Å². The Labute approximate surface area is 216 Å². The first-order valence-corrected chi connectivity index (χ1v) is 13.2. The molecule has 1 atom stereocenters. The lowest BCUT2D eigenvalue weighted by atomic mass is 9.81. The first-order valence-electron chi connectivity index (χ1n) is 13.2. The minimum atomic E-state index is -1.11. The van der Waals surface area contributed by atoms with Crippen LogP contribution in [-0.2, 0) is 12.0 Å². The highest BCUT2D eigenvalue weighted by molar-refractivity contribution is 5.84. The third kappa shape index (κ3) is 6.16. The fourth-order valence-corrected chi connectivity index (χ4v) is 4.82. The molecule has 0 aromatic heterocycles. The predicted octanol–water partition coefficient (Wildman–Crippen LogP) is 7.05. The van der Waals surface area contributed by atoms with Gasteiger partial charge < -0.3 is 14.7 Å². The van der Waals surface area contributed by atoms with E-state index in [1.54, 1.807) is 0 Å². The van der Waals surface area contributed by atoms with Crippen LogP contribution in [0.5, 0.6) is 5.75 Å². The van der Waals surface area contributed by atoms with Gasteiger partial charge in [-0.1, -0.05) is 91.7 Å². The van der Waals surface area contributed by atoms with Gasteiger partial charge in [0.15, 0.2) is 0 Å². The van der Waals surface area contributed by atoms with E-state index in [1.165, 1.54) is 22.1 Å². The molecule has 0 aliphatic rings. The van der Waals surface area contributed by atoms with Crippen LogP contribution in [0.2, 0.25) is 0 Å². The summed E-state index contributed by atoms with van der Waals surface area (Å²) in [5.74, 6) is 0.834. The van der Waals surface area contributed by atoms with Crippen molar-refractivity contribution in [2.75, 3.05) is 26.2 Å². The Kier molecular flexibility index (Phi) is 8.45. The van der Waals surface area contributed by atoms with Gasteiger partial charge in [-0.2, -0.15) is 0 Å². The van der Waals surface area contributed by atoms with E-state index in [1.807, 2.05) is 24.3 Å². The van der Waals surface area contributed by atoms with Gasteiger partial charge in [0, 0.05) is 6.54 Å². The molecule has 4 rings (SSSR count). The standard InChI is InChI=1S/C33H39NO2/c1-5-34(6-2)21-22-36-32-17-15-30(16-18-32)33(35,20-19-27-10-7-25(3)8-11-27)31-14-13-28-23-26(4)9-12-29(28)24-31/h7-18,23-24,35H,5-6,19-22H2,1-4H3. The molecule has 0 aliphatic carbocycles. The lowest BCUT2D eigenvalue weighted by Gasteiger charge is -2.30. The topological polar surface area (TPSA) is 32.7 Å². The fourth-order valence-electron chi connectivity index (χ4n) is 4.82. The summed E-state index contributed by atoms with van der Waals surface area (Å²) in [5.41, 5.74) is 4.41. The first kappa shape index (κ1) is 25.9. The molecule has 3 nitrogen and oxygen atoms in total. The van der Waals surface area contributed by atoms with Gasteiger partial charge >= 0.3 is 0 Å². The van der Waals surface area contributed by atoms with Crippen molar-refractivity contribution in [1.29, 1.82) is 0 Å². The average molecular weight is 482 g/mol. The highest BCUT2D eigenvalue weighted by Crippen LogP contribution is 2.36. The van der Waals surface area contributed by atoms with Gasteiger partial charge in [-0.05, 0) is 85.4 Å². The lowest BCUT2D eigenvalue weighted by Crippen LogP contribution is -2.28. The van der Waals surface area contributed by atoms with Crippen LogP contribution in [0.4, 0.5) is 0 Å². The first-order chi connectivity index (χ1) is 17.4. The molecule has 4 aromatic carbocycles. The van der Waals surface area contributed by atoms with Gasteiger partial charge in [-0.25, -0.2) is 0 Å². The summed E-state index contributed by atoms with van der Waals surface area (Å²) in [4.78, 5) is 2.35. The normalized spacial score (nSPS) is 13.2. The summed E-state index contributed by atoms with van der Waals surface area (Å²) in [6, 6.07) is 29.4. The molecule has 0 radical (unpaired) electrons. The second-order valence-electron chi connectivity index (χ2n) is 9.81. The van der Waals surface area contributed by atoms with E-state index in [4.69, 9.17) is 4.74 Å². The zero-order valence-corrected chi connectivity index (χ0v) is 22.1. The predicted molar refractivity (Wildman–Crippen MR) is 151 cm³/mol. The average Bonchev–Trinajstić information content (AvgIpc) is 2.90. The summed E-state index contributed by atoms with van der Waals surface area (Å²) in [7, 11) is 0. The second-order valence-corrected chi connectivity index (χ2v) is 9.81. The molecule has 0 fully saturated rings. The van der Waals surface area contributed by atoms with E-state index in [0.29, 0.717) is 13.0 Å². The number of ether oxygens (including phenoxy) is 1. The van der Waals surface area contributed by atoms with Crippen LogP contribution in [0.25, 0.3) is 10.8 Å². The number of aliphatic hydroxyl groups is 1. The number of likely N-dealkylation sites (N-methyl/N-ethyl adjacent to an activating group) is 1. The van der Waals surface area contributed by atoms with Crippen LogP contribution in [0.15, 0.2) is 84.9 Å². The molecular formula is C33H39NO2. The van der Waals surface area contributed by atoms with Gasteiger partial charge in [0.2, 0.25) is 0 Å². The van der Waals surface area contributed by atoms with Crippen molar-refractivity contribution < 1.29 is 9.84 Å². The quantitative estimate of drug-likeness (QED) is 0.249. The van der Waals surface area contributed by atoms with Crippen molar-refractivity contribution in [2.24, 2.45) is 0 Å². The number of hydrogen-bond acceptors (Lipinski definition) is 3. The summed E-state index contributed by atoms with van der Waals surface area (Å²) in [5, 5.41) is 14.6. The van der Waals surface area contributed by atoms with Crippen molar-refractivity contribution in [2.45, 2.75) is 46.1 Å². The second kappa shape index (κ2) is 11.7. The number of benzene rings is 4. The maximum absolute atomic E-state index is 12.2. The molecule has 0 aliphatic heterocycles. The van der Waals surface area contributed by atoms with Crippen molar-refractivity contribution in [1.82, 2.24) is 4.90 Å².